The van der Waals surface area contributed by atoms with E-state index in [-0.39, 0.29) is 17.7 Å². The molecule has 7 nitrogen and oxygen atoms in total. The summed E-state index contributed by atoms with van der Waals surface area (Å²) < 4.78 is 0. The average Bonchev–Trinajstić information content (AvgIpc) is 3.51. The molecule has 4 heterocycles. The van der Waals surface area contributed by atoms with Gasteiger partial charge in [-0.1, -0.05) is 18.2 Å². The average molecular weight is 444 g/mol. The molecule has 160 valence electrons. The van der Waals surface area contributed by atoms with Gasteiger partial charge in [-0.25, -0.2) is 4.98 Å². The van der Waals surface area contributed by atoms with Gasteiger partial charge in [0, 0.05) is 54.1 Å². The first kappa shape index (κ1) is 20.3. The minimum Gasteiger partial charge on any atom is -0.342 e. The van der Waals surface area contributed by atoms with Crippen molar-refractivity contribution in [3.05, 3.63) is 83.3 Å². The third kappa shape index (κ3) is 4.22. The molecule has 1 N–H and O–H groups in total. The van der Waals surface area contributed by atoms with Crippen LogP contribution in [0.4, 0.5) is 5.13 Å². The van der Waals surface area contributed by atoms with Crippen molar-refractivity contribution in [3.63, 3.8) is 0 Å². The molecule has 1 aromatic carbocycles. The number of anilines is 1. The molecular weight excluding hydrogens is 422 g/mol. The van der Waals surface area contributed by atoms with Gasteiger partial charge in [-0.05, 0) is 36.2 Å². The smallest absolute Gasteiger partial charge is 0.258 e. The maximum absolute atomic E-state index is 13.0. The number of pyridine rings is 2. The van der Waals surface area contributed by atoms with Gasteiger partial charge < -0.3 is 4.90 Å². The number of carbonyl (C=O) groups excluding carboxylic acids is 2. The van der Waals surface area contributed by atoms with E-state index >= 15 is 0 Å². The number of benzene rings is 1. The van der Waals surface area contributed by atoms with Crippen molar-refractivity contribution in [2.75, 3.05) is 18.4 Å². The lowest BCUT2D eigenvalue weighted by Crippen LogP contribution is -2.30. The van der Waals surface area contributed by atoms with E-state index in [0.29, 0.717) is 30.2 Å². The number of rotatable bonds is 5. The van der Waals surface area contributed by atoms with Crippen LogP contribution in [0.2, 0.25) is 0 Å². The fourth-order valence-electron chi connectivity index (χ4n) is 4.06. The van der Waals surface area contributed by atoms with Crippen molar-refractivity contribution in [1.82, 2.24) is 19.9 Å². The molecule has 0 radical (unpaired) electrons. The van der Waals surface area contributed by atoms with Crippen LogP contribution in [-0.2, 0) is 11.2 Å². The number of aromatic nitrogens is 3. The molecule has 1 fully saturated rings. The van der Waals surface area contributed by atoms with Crippen molar-refractivity contribution in [3.8, 4) is 0 Å². The lowest BCUT2D eigenvalue weighted by Gasteiger charge is -2.17. The van der Waals surface area contributed by atoms with E-state index in [1.165, 1.54) is 11.3 Å². The van der Waals surface area contributed by atoms with Gasteiger partial charge in [0.05, 0.1) is 17.5 Å². The molecule has 1 aliphatic heterocycles. The van der Waals surface area contributed by atoms with Gasteiger partial charge in [-0.2, -0.15) is 0 Å². The summed E-state index contributed by atoms with van der Waals surface area (Å²) in [5.74, 6) is -0.0166. The van der Waals surface area contributed by atoms with E-state index in [1.54, 1.807) is 18.6 Å². The lowest BCUT2D eigenvalue weighted by molar-refractivity contribution is -0.129. The molecule has 0 bridgehead atoms. The number of hydrogen-bond donors (Lipinski definition) is 1. The molecule has 1 saturated heterocycles. The highest BCUT2D eigenvalue weighted by molar-refractivity contribution is 7.13. The lowest BCUT2D eigenvalue weighted by atomic mass is 9.99. The monoisotopic (exact) mass is 443 g/mol. The molecule has 0 saturated carbocycles. The maximum Gasteiger partial charge on any atom is 0.258 e. The number of nitrogens with zero attached hydrogens (tertiary/aromatic N) is 4. The Hall–Kier alpha value is -3.65. The molecule has 0 aliphatic carbocycles. The number of likely N-dealkylation sites (tertiary alicyclic amines) is 1. The van der Waals surface area contributed by atoms with Crippen LogP contribution in [0.25, 0.3) is 10.9 Å². The van der Waals surface area contributed by atoms with Crippen molar-refractivity contribution < 1.29 is 9.59 Å². The molecule has 8 heteroatoms. The highest BCUT2D eigenvalue weighted by Crippen LogP contribution is 2.30. The fourth-order valence-corrected chi connectivity index (χ4v) is 4.58. The number of fused-ring (bicyclic) bond motifs is 1. The second kappa shape index (κ2) is 8.84. The minimum absolute atomic E-state index is 0.0902. The van der Waals surface area contributed by atoms with Crippen LogP contribution >= 0.6 is 11.3 Å². The van der Waals surface area contributed by atoms with Crippen molar-refractivity contribution in [2.45, 2.75) is 18.8 Å². The van der Waals surface area contributed by atoms with E-state index < -0.39 is 0 Å². The predicted molar refractivity (Wildman–Crippen MR) is 124 cm³/mol. The molecule has 0 unspecified atom stereocenters. The summed E-state index contributed by atoms with van der Waals surface area (Å²) in [7, 11) is 0. The standard InChI is InChI=1S/C24H21N5O2S/c30-22(13-16-5-8-25-9-6-16)29-11-7-17(15-29)21-14-19(18-3-1-2-4-20(18)27-21)23(31)28-24-26-10-12-32-24/h1-6,8-10,12,14,17H,7,11,13,15H2,(H,26,28,31)/t17-/m0/s1. The number of para-hydroxylation sites is 1. The normalized spacial score (nSPS) is 15.8. The third-order valence-corrected chi connectivity index (χ3v) is 6.39. The van der Waals surface area contributed by atoms with Gasteiger partial charge in [0.2, 0.25) is 5.91 Å². The first-order valence-electron chi connectivity index (χ1n) is 10.4. The molecule has 1 atom stereocenters. The summed E-state index contributed by atoms with van der Waals surface area (Å²) in [5.41, 5.74) is 3.14. The first-order chi connectivity index (χ1) is 15.7. The number of thiazole rings is 1. The summed E-state index contributed by atoms with van der Waals surface area (Å²) >= 11 is 1.38. The number of nitrogens with one attached hydrogen (secondary N) is 1. The fraction of sp³-hybridized carbons (Fsp3) is 0.208. The van der Waals surface area contributed by atoms with Crippen molar-refractivity contribution in [2.24, 2.45) is 0 Å². The van der Waals surface area contributed by atoms with Gasteiger partial charge in [-0.3, -0.25) is 24.9 Å². The summed E-state index contributed by atoms with van der Waals surface area (Å²) in [6.07, 6.45) is 6.24. The second-order valence-electron chi connectivity index (χ2n) is 7.76. The van der Waals surface area contributed by atoms with E-state index in [2.05, 4.69) is 15.3 Å². The van der Waals surface area contributed by atoms with Gasteiger partial charge >= 0.3 is 0 Å². The van der Waals surface area contributed by atoms with Gasteiger partial charge in [0.1, 0.15) is 0 Å². The zero-order chi connectivity index (χ0) is 21.9. The van der Waals surface area contributed by atoms with Crippen LogP contribution < -0.4 is 5.32 Å². The molecular formula is C24H21N5O2S. The van der Waals surface area contributed by atoms with E-state index in [1.807, 2.05) is 52.7 Å². The SMILES string of the molecule is O=C(Nc1nccs1)c1cc([C@H]2CCN(C(=O)Cc3ccncc3)C2)nc2ccccc12. The molecule has 1 aliphatic rings. The molecule has 32 heavy (non-hydrogen) atoms. The maximum atomic E-state index is 13.0. The zero-order valence-corrected chi connectivity index (χ0v) is 18.1. The quantitative estimate of drug-likeness (QED) is 0.505. The summed E-state index contributed by atoms with van der Waals surface area (Å²) in [6, 6.07) is 13.2. The van der Waals surface area contributed by atoms with Gasteiger partial charge in [0.15, 0.2) is 5.13 Å². The Kier molecular flexibility index (Phi) is 5.60. The Balaban J connectivity index is 1.38. The zero-order valence-electron chi connectivity index (χ0n) is 17.3. The van der Waals surface area contributed by atoms with Crippen molar-refractivity contribution in [1.29, 1.82) is 0 Å². The van der Waals surface area contributed by atoms with E-state index in [4.69, 9.17) is 4.98 Å². The van der Waals surface area contributed by atoms with Crippen LogP contribution in [0, 0.1) is 0 Å². The summed E-state index contributed by atoms with van der Waals surface area (Å²) in [5, 5.41) is 6.06. The highest BCUT2D eigenvalue weighted by atomic mass is 32.1. The van der Waals surface area contributed by atoms with Crippen LogP contribution in [0.1, 0.15) is 34.0 Å². The Morgan fingerprint density at radius 2 is 1.97 bits per heavy atom. The molecule has 0 spiro atoms. The van der Waals surface area contributed by atoms with E-state index in [0.717, 1.165) is 28.6 Å². The number of amides is 2. The van der Waals surface area contributed by atoms with Crippen molar-refractivity contribution >= 4 is 39.2 Å². The highest BCUT2D eigenvalue weighted by Gasteiger charge is 2.29. The van der Waals surface area contributed by atoms with Crippen LogP contribution in [0.3, 0.4) is 0 Å². The topological polar surface area (TPSA) is 88.1 Å². The Labute approximate surface area is 189 Å². The van der Waals surface area contributed by atoms with E-state index in [9.17, 15) is 9.59 Å². The Morgan fingerprint density at radius 1 is 1.12 bits per heavy atom. The second-order valence-corrected chi connectivity index (χ2v) is 8.66. The third-order valence-electron chi connectivity index (χ3n) is 5.70. The molecule has 2 amide bonds. The molecule has 5 rings (SSSR count). The Morgan fingerprint density at radius 3 is 2.78 bits per heavy atom. The predicted octanol–water partition coefficient (Wildman–Crippen LogP) is 3.90. The largest absolute Gasteiger partial charge is 0.342 e. The Bertz CT molecular complexity index is 1260. The summed E-state index contributed by atoms with van der Waals surface area (Å²) in [6.45, 7) is 1.28. The number of hydrogen-bond acceptors (Lipinski definition) is 6. The first-order valence-corrected chi connectivity index (χ1v) is 11.3. The molecule has 4 aromatic rings. The summed E-state index contributed by atoms with van der Waals surface area (Å²) in [4.78, 5) is 40.7. The minimum atomic E-state index is -0.205. The van der Waals surface area contributed by atoms with Crippen LogP contribution in [-0.4, -0.2) is 44.8 Å². The number of carbonyl (C=O) groups is 2. The van der Waals surface area contributed by atoms with Gasteiger partial charge in [-0.15, -0.1) is 11.3 Å². The molecule has 3 aromatic heterocycles. The van der Waals surface area contributed by atoms with Crippen LogP contribution in [0.5, 0.6) is 0 Å². The van der Waals surface area contributed by atoms with Crippen LogP contribution in [0.15, 0.2) is 66.4 Å². The van der Waals surface area contributed by atoms with Gasteiger partial charge in [0.25, 0.3) is 5.91 Å².